The van der Waals surface area contributed by atoms with Crippen LogP contribution in [0, 0.1) is 5.92 Å². The Morgan fingerprint density at radius 3 is 2.43 bits per heavy atom. The first-order valence-electron chi connectivity index (χ1n) is 9.38. The largest absolute Gasteiger partial charge is 0.373 e. The number of likely N-dealkylation sites (tertiary alicyclic amines) is 1. The van der Waals surface area contributed by atoms with E-state index in [1.165, 1.54) is 25.8 Å². The Kier molecular flexibility index (Phi) is 7.80. The number of carbonyl (C=O) groups is 1. The predicted octanol–water partition coefficient (Wildman–Crippen LogP) is 1.72. The van der Waals surface area contributed by atoms with Gasteiger partial charge in [0.25, 0.3) is 0 Å². The molecule has 1 N–H and O–H groups in total. The van der Waals surface area contributed by atoms with Crippen LogP contribution in [-0.4, -0.2) is 74.2 Å². The minimum Gasteiger partial charge on any atom is -0.373 e. The van der Waals surface area contributed by atoms with E-state index in [0.717, 1.165) is 45.1 Å². The first kappa shape index (κ1) is 18.7. The molecule has 2 atom stereocenters. The molecule has 2 saturated heterocycles. The SMILES string of the molecule is CNCCCC(=O)N1CCC(CCN2CC(C)OC(C)C2)CC1. The van der Waals surface area contributed by atoms with Gasteiger partial charge >= 0.3 is 0 Å². The van der Waals surface area contributed by atoms with Gasteiger partial charge in [-0.2, -0.15) is 0 Å². The summed E-state index contributed by atoms with van der Waals surface area (Å²) in [6.07, 6.45) is 5.96. The summed E-state index contributed by atoms with van der Waals surface area (Å²) in [6, 6.07) is 0. The van der Waals surface area contributed by atoms with Crippen molar-refractivity contribution >= 4 is 5.91 Å². The molecule has 0 aliphatic carbocycles. The van der Waals surface area contributed by atoms with Gasteiger partial charge in [0, 0.05) is 32.6 Å². The van der Waals surface area contributed by atoms with E-state index in [4.69, 9.17) is 4.74 Å². The van der Waals surface area contributed by atoms with Gasteiger partial charge in [0.2, 0.25) is 5.91 Å². The van der Waals surface area contributed by atoms with Crippen LogP contribution in [0.4, 0.5) is 0 Å². The van der Waals surface area contributed by atoms with Crippen molar-refractivity contribution in [2.45, 2.75) is 58.2 Å². The Bertz CT molecular complexity index is 346. The maximum atomic E-state index is 12.1. The molecular formula is C18H35N3O2. The Labute approximate surface area is 141 Å². The molecule has 2 aliphatic rings. The number of nitrogens with one attached hydrogen (secondary N) is 1. The first-order chi connectivity index (χ1) is 11.1. The monoisotopic (exact) mass is 325 g/mol. The molecule has 0 aromatic rings. The standard InChI is InChI=1S/C18H35N3O2/c1-15-13-20(14-16(2)23-15)10-6-17-7-11-21(12-8-17)18(22)5-4-9-19-3/h15-17,19H,4-14H2,1-3H3. The lowest BCUT2D eigenvalue weighted by molar-refractivity contribution is -0.132. The number of piperidine rings is 1. The highest BCUT2D eigenvalue weighted by Crippen LogP contribution is 2.22. The predicted molar refractivity (Wildman–Crippen MR) is 93.5 cm³/mol. The van der Waals surface area contributed by atoms with Crippen LogP contribution >= 0.6 is 0 Å². The minimum absolute atomic E-state index is 0.342. The van der Waals surface area contributed by atoms with Crippen LogP contribution in [0.2, 0.25) is 0 Å². The molecule has 1 amide bonds. The van der Waals surface area contributed by atoms with Gasteiger partial charge in [0.15, 0.2) is 0 Å². The van der Waals surface area contributed by atoms with Crippen LogP contribution in [-0.2, 0) is 9.53 Å². The van der Waals surface area contributed by atoms with E-state index in [2.05, 4.69) is 29.0 Å². The van der Waals surface area contributed by atoms with Gasteiger partial charge < -0.3 is 15.0 Å². The number of amides is 1. The number of hydrogen-bond donors (Lipinski definition) is 1. The second kappa shape index (κ2) is 9.60. The lowest BCUT2D eigenvalue weighted by atomic mass is 9.93. The molecule has 23 heavy (non-hydrogen) atoms. The molecule has 2 unspecified atom stereocenters. The lowest BCUT2D eigenvalue weighted by Gasteiger charge is -2.37. The Hall–Kier alpha value is -0.650. The van der Waals surface area contributed by atoms with Crippen molar-refractivity contribution in [2.24, 2.45) is 5.92 Å². The van der Waals surface area contributed by atoms with Crippen LogP contribution < -0.4 is 5.32 Å². The molecule has 0 saturated carbocycles. The molecule has 2 rings (SSSR count). The van der Waals surface area contributed by atoms with Gasteiger partial charge in [0.1, 0.15) is 0 Å². The maximum Gasteiger partial charge on any atom is 0.222 e. The Morgan fingerprint density at radius 2 is 1.83 bits per heavy atom. The minimum atomic E-state index is 0.342. The summed E-state index contributed by atoms with van der Waals surface area (Å²) in [4.78, 5) is 16.8. The zero-order chi connectivity index (χ0) is 16.7. The summed E-state index contributed by atoms with van der Waals surface area (Å²) in [5, 5.41) is 3.10. The third-order valence-electron chi connectivity index (χ3n) is 5.13. The molecule has 0 bridgehead atoms. The summed E-state index contributed by atoms with van der Waals surface area (Å²) < 4.78 is 5.80. The van der Waals surface area contributed by atoms with Crippen molar-refractivity contribution in [2.75, 3.05) is 46.3 Å². The molecule has 2 heterocycles. The Morgan fingerprint density at radius 1 is 1.17 bits per heavy atom. The smallest absolute Gasteiger partial charge is 0.222 e. The lowest BCUT2D eigenvalue weighted by Crippen LogP contribution is -2.46. The second-order valence-electron chi connectivity index (χ2n) is 7.34. The summed E-state index contributed by atoms with van der Waals surface area (Å²) in [7, 11) is 1.94. The van der Waals surface area contributed by atoms with Gasteiger partial charge in [-0.3, -0.25) is 9.69 Å². The molecule has 0 aromatic carbocycles. The molecule has 0 aromatic heterocycles. The maximum absolute atomic E-state index is 12.1. The first-order valence-corrected chi connectivity index (χ1v) is 9.38. The number of hydrogen-bond acceptors (Lipinski definition) is 4. The normalized spacial score (nSPS) is 27.3. The van der Waals surface area contributed by atoms with Gasteiger partial charge in [-0.15, -0.1) is 0 Å². The van der Waals surface area contributed by atoms with E-state index >= 15 is 0 Å². The van der Waals surface area contributed by atoms with Gasteiger partial charge in [0.05, 0.1) is 12.2 Å². The zero-order valence-corrected chi connectivity index (χ0v) is 15.2. The van der Waals surface area contributed by atoms with Crippen LogP contribution in [0.15, 0.2) is 0 Å². The summed E-state index contributed by atoms with van der Waals surface area (Å²) in [6.45, 7) is 10.5. The molecule has 2 aliphatic heterocycles. The second-order valence-corrected chi connectivity index (χ2v) is 7.34. The van der Waals surface area contributed by atoms with Crippen molar-refractivity contribution in [3.05, 3.63) is 0 Å². The topological polar surface area (TPSA) is 44.8 Å². The highest BCUT2D eigenvalue weighted by molar-refractivity contribution is 5.76. The summed E-state index contributed by atoms with van der Waals surface area (Å²) >= 11 is 0. The fourth-order valence-corrected chi connectivity index (χ4v) is 3.88. The van der Waals surface area contributed by atoms with Crippen molar-refractivity contribution < 1.29 is 9.53 Å². The average Bonchev–Trinajstić information content (AvgIpc) is 2.53. The summed E-state index contributed by atoms with van der Waals surface area (Å²) in [5.74, 6) is 1.12. The van der Waals surface area contributed by atoms with Crippen LogP contribution in [0.3, 0.4) is 0 Å². The highest BCUT2D eigenvalue weighted by Gasteiger charge is 2.25. The van der Waals surface area contributed by atoms with Gasteiger partial charge in [-0.1, -0.05) is 0 Å². The molecule has 0 spiro atoms. The van der Waals surface area contributed by atoms with E-state index in [1.54, 1.807) is 0 Å². The van der Waals surface area contributed by atoms with Crippen LogP contribution in [0.25, 0.3) is 0 Å². The number of nitrogens with zero attached hydrogens (tertiary/aromatic N) is 2. The molecule has 2 fully saturated rings. The number of carbonyl (C=O) groups excluding carboxylic acids is 1. The van der Waals surface area contributed by atoms with E-state index in [-0.39, 0.29) is 0 Å². The molecule has 134 valence electrons. The number of ether oxygens (including phenoxy) is 1. The van der Waals surface area contributed by atoms with E-state index < -0.39 is 0 Å². The zero-order valence-electron chi connectivity index (χ0n) is 15.2. The highest BCUT2D eigenvalue weighted by atomic mass is 16.5. The molecule has 0 radical (unpaired) electrons. The quantitative estimate of drug-likeness (QED) is 0.724. The van der Waals surface area contributed by atoms with Gasteiger partial charge in [-0.25, -0.2) is 0 Å². The van der Waals surface area contributed by atoms with Crippen molar-refractivity contribution in [3.8, 4) is 0 Å². The number of rotatable bonds is 7. The van der Waals surface area contributed by atoms with E-state index in [0.29, 0.717) is 24.5 Å². The van der Waals surface area contributed by atoms with Gasteiger partial charge in [-0.05, 0) is 65.6 Å². The molecular weight excluding hydrogens is 290 g/mol. The van der Waals surface area contributed by atoms with Crippen molar-refractivity contribution in [3.63, 3.8) is 0 Å². The average molecular weight is 325 g/mol. The van der Waals surface area contributed by atoms with E-state index in [9.17, 15) is 4.79 Å². The van der Waals surface area contributed by atoms with E-state index in [1.807, 2.05) is 7.05 Å². The fraction of sp³-hybridized carbons (Fsp3) is 0.944. The van der Waals surface area contributed by atoms with Crippen molar-refractivity contribution in [1.82, 2.24) is 15.1 Å². The third-order valence-corrected chi connectivity index (χ3v) is 5.13. The van der Waals surface area contributed by atoms with Crippen LogP contribution in [0.1, 0.15) is 46.0 Å². The van der Waals surface area contributed by atoms with Crippen molar-refractivity contribution in [1.29, 1.82) is 0 Å². The third kappa shape index (κ3) is 6.40. The Balaban J connectivity index is 1.62. The fourth-order valence-electron chi connectivity index (χ4n) is 3.88. The molecule has 5 heteroatoms. The molecule has 5 nitrogen and oxygen atoms in total. The summed E-state index contributed by atoms with van der Waals surface area (Å²) in [5.41, 5.74) is 0. The van der Waals surface area contributed by atoms with Crippen LogP contribution in [0.5, 0.6) is 0 Å². The number of morpholine rings is 1.